The van der Waals surface area contributed by atoms with Gasteiger partial charge in [0.25, 0.3) is 5.91 Å². The molecule has 8 nitrogen and oxygen atoms in total. The Hall–Kier alpha value is -3.20. The number of nitrogens with zero attached hydrogens (tertiary/aromatic N) is 2. The molecule has 1 fully saturated rings. The number of hydrogen-bond donors (Lipinski definition) is 3. The van der Waals surface area contributed by atoms with Gasteiger partial charge in [-0.2, -0.15) is 0 Å². The van der Waals surface area contributed by atoms with Crippen LogP contribution >= 0.6 is 11.3 Å². The summed E-state index contributed by atoms with van der Waals surface area (Å²) in [4.78, 5) is 47.5. The van der Waals surface area contributed by atoms with Gasteiger partial charge in [0, 0.05) is 47.6 Å². The molecule has 0 aliphatic carbocycles. The smallest absolute Gasteiger partial charge is 0.270 e. The largest absolute Gasteiger partial charge is 0.356 e. The zero-order chi connectivity index (χ0) is 20.7. The number of carbonyl (C=O) groups excluding carboxylic acids is 3. The second kappa shape index (κ2) is 7.56. The van der Waals surface area contributed by atoms with Crippen LogP contribution in [0.15, 0.2) is 30.3 Å². The highest BCUT2D eigenvalue weighted by Crippen LogP contribution is 2.30. The molecule has 0 spiro atoms. The standard InChI is InChI=1S/C21H21N5O3S/c27-18-10-13(5-7-22-18)19(28)25-21-24-15-6-8-26(11-17(15)30-21)20(29)16-9-12-3-1-2-4-14(12)23-16/h1-4,9,13,23H,5-8,10-11H2,(H,22,27)(H,24,25,28). The van der Waals surface area contributed by atoms with Crippen LogP contribution in [0.4, 0.5) is 5.13 Å². The summed E-state index contributed by atoms with van der Waals surface area (Å²) >= 11 is 1.40. The van der Waals surface area contributed by atoms with Crippen LogP contribution in [0.25, 0.3) is 10.9 Å². The van der Waals surface area contributed by atoms with Crippen LogP contribution in [0.2, 0.25) is 0 Å². The van der Waals surface area contributed by atoms with Crippen LogP contribution in [-0.2, 0) is 22.6 Å². The second-order valence-corrected chi connectivity index (χ2v) is 8.75. The maximum atomic E-state index is 13.0. The van der Waals surface area contributed by atoms with Gasteiger partial charge in [0.05, 0.1) is 12.2 Å². The molecule has 2 aliphatic heterocycles. The van der Waals surface area contributed by atoms with Crippen molar-refractivity contribution in [2.45, 2.75) is 25.8 Å². The van der Waals surface area contributed by atoms with E-state index >= 15 is 0 Å². The average Bonchev–Trinajstić information content (AvgIpc) is 3.36. The Morgan fingerprint density at radius 3 is 2.97 bits per heavy atom. The fourth-order valence-electron chi connectivity index (χ4n) is 4.00. The van der Waals surface area contributed by atoms with Gasteiger partial charge in [-0.3, -0.25) is 14.4 Å². The minimum absolute atomic E-state index is 0.0379. The number of para-hydroxylation sites is 1. The normalized spacial score (nSPS) is 18.7. The summed E-state index contributed by atoms with van der Waals surface area (Å²) in [5, 5.41) is 7.15. The van der Waals surface area contributed by atoms with E-state index in [1.165, 1.54) is 11.3 Å². The molecule has 4 heterocycles. The summed E-state index contributed by atoms with van der Waals surface area (Å²) in [5.41, 5.74) is 2.45. The lowest BCUT2D eigenvalue weighted by molar-refractivity contribution is -0.129. The van der Waals surface area contributed by atoms with E-state index in [9.17, 15) is 14.4 Å². The number of anilines is 1. The fraction of sp³-hybridized carbons (Fsp3) is 0.333. The number of nitrogens with one attached hydrogen (secondary N) is 3. The number of aromatic amines is 1. The van der Waals surface area contributed by atoms with E-state index in [1.54, 1.807) is 0 Å². The number of hydrogen-bond acceptors (Lipinski definition) is 5. The minimum atomic E-state index is -0.320. The number of carbonyl (C=O) groups is 3. The van der Waals surface area contributed by atoms with E-state index in [4.69, 9.17) is 0 Å². The van der Waals surface area contributed by atoms with Gasteiger partial charge < -0.3 is 20.5 Å². The van der Waals surface area contributed by atoms with E-state index in [0.29, 0.717) is 43.3 Å². The van der Waals surface area contributed by atoms with Gasteiger partial charge in [-0.25, -0.2) is 4.98 Å². The molecule has 0 radical (unpaired) electrons. The highest BCUT2D eigenvalue weighted by molar-refractivity contribution is 7.15. The molecule has 0 saturated carbocycles. The van der Waals surface area contributed by atoms with Crippen molar-refractivity contribution in [2.75, 3.05) is 18.4 Å². The van der Waals surface area contributed by atoms with E-state index in [0.717, 1.165) is 21.5 Å². The first-order valence-corrected chi connectivity index (χ1v) is 10.8. The van der Waals surface area contributed by atoms with Gasteiger partial charge in [0.1, 0.15) is 5.69 Å². The van der Waals surface area contributed by atoms with Crippen molar-refractivity contribution in [3.8, 4) is 0 Å². The Balaban J connectivity index is 1.27. The molecule has 0 bridgehead atoms. The van der Waals surface area contributed by atoms with E-state index < -0.39 is 0 Å². The topological polar surface area (TPSA) is 107 Å². The number of benzene rings is 1. The first-order valence-electron chi connectivity index (χ1n) is 10.00. The number of fused-ring (bicyclic) bond motifs is 2. The fourth-order valence-corrected chi connectivity index (χ4v) is 5.02. The lowest BCUT2D eigenvalue weighted by atomic mass is 9.97. The molecule has 154 valence electrons. The zero-order valence-electron chi connectivity index (χ0n) is 16.2. The second-order valence-electron chi connectivity index (χ2n) is 7.66. The molecule has 3 aromatic rings. The summed E-state index contributed by atoms with van der Waals surface area (Å²) in [6, 6.07) is 9.70. The summed E-state index contributed by atoms with van der Waals surface area (Å²) in [7, 11) is 0. The van der Waals surface area contributed by atoms with Crippen LogP contribution in [0.5, 0.6) is 0 Å². The molecular weight excluding hydrogens is 402 g/mol. The van der Waals surface area contributed by atoms with E-state index in [-0.39, 0.29) is 30.1 Å². The quantitative estimate of drug-likeness (QED) is 0.601. The molecule has 2 aromatic heterocycles. The molecule has 2 aliphatic rings. The van der Waals surface area contributed by atoms with E-state index in [1.807, 2.05) is 35.2 Å². The molecule has 1 unspecified atom stereocenters. The molecule has 5 rings (SSSR count). The van der Waals surface area contributed by atoms with Crippen LogP contribution in [-0.4, -0.2) is 45.7 Å². The first kappa shape index (κ1) is 18.8. The number of H-pyrrole nitrogens is 1. The van der Waals surface area contributed by atoms with Crippen molar-refractivity contribution in [3.63, 3.8) is 0 Å². The number of thiazole rings is 1. The Morgan fingerprint density at radius 2 is 2.13 bits per heavy atom. The lowest BCUT2D eigenvalue weighted by Crippen LogP contribution is -2.38. The molecule has 3 N–H and O–H groups in total. The van der Waals surface area contributed by atoms with Crippen LogP contribution in [0.3, 0.4) is 0 Å². The van der Waals surface area contributed by atoms with Gasteiger partial charge in [-0.05, 0) is 18.6 Å². The van der Waals surface area contributed by atoms with Crippen molar-refractivity contribution in [1.82, 2.24) is 20.2 Å². The maximum Gasteiger partial charge on any atom is 0.270 e. The van der Waals surface area contributed by atoms with Crippen molar-refractivity contribution < 1.29 is 14.4 Å². The molecule has 3 amide bonds. The Morgan fingerprint density at radius 1 is 1.27 bits per heavy atom. The SMILES string of the molecule is O=C1CC(C(=O)Nc2nc3c(s2)CN(C(=O)c2cc4ccccc4[nH]2)CC3)CCN1. The van der Waals surface area contributed by atoms with E-state index in [2.05, 4.69) is 20.6 Å². The summed E-state index contributed by atoms with van der Waals surface area (Å²) in [6.07, 6.45) is 1.50. The van der Waals surface area contributed by atoms with Gasteiger partial charge in [0.2, 0.25) is 11.8 Å². The van der Waals surface area contributed by atoms with Gasteiger partial charge in [0.15, 0.2) is 5.13 Å². The summed E-state index contributed by atoms with van der Waals surface area (Å²) < 4.78 is 0. The number of rotatable bonds is 3. The van der Waals surface area contributed by atoms with Gasteiger partial charge in [-0.1, -0.05) is 29.5 Å². The maximum absolute atomic E-state index is 13.0. The average molecular weight is 423 g/mol. The highest BCUT2D eigenvalue weighted by Gasteiger charge is 2.29. The Labute approximate surface area is 176 Å². The molecule has 30 heavy (non-hydrogen) atoms. The van der Waals surface area contributed by atoms with Gasteiger partial charge >= 0.3 is 0 Å². The zero-order valence-corrected chi connectivity index (χ0v) is 17.1. The predicted molar refractivity (Wildman–Crippen MR) is 113 cm³/mol. The highest BCUT2D eigenvalue weighted by atomic mass is 32.1. The number of aromatic nitrogens is 2. The van der Waals surface area contributed by atoms with Crippen LogP contribution < -0.4 is 10.6 Å². The number of piperidine rings is 1. The Bertz CT molecular complexity index is 1120. The molecule has 9 heteroatoms. The third-order valence-corrected chi connectivity index (χ3v) is 6.62. The molecular formula is C21H21N5O3S. The monoisotopic (exact) mass is 423 g/mol. The predicted octanol–water partition coefficient (Wildman–Crippen LogP) is 2.29. The third kappa shape index (κ3) is 3.56. The molecule has 1 saturated heterocycles. The minimum Gasteiger partial charge on any atom is -0.356 e. The lowest BCUT2D eigenvalue weighted by Gasteiger charge is -2.25. The van der Waals surface area contributed by atoms with Crippen molar-refractivity contribution in [3.05, 3.63) is 46.6 Å². The van der Waals surface area contributed by atoms with Crippen molar-refractivity contribution in [2.24, 2.45) is 5.92 Å². The summed E-state index contributed by atoms with van der Waals surface area (Å²) in [6.45, 7) is 1.58. The Kier molecular flexibility index (Phi) is 4.74. The van der Waals surface area contributed by atoms with Crippen LogP contribution in [0, 0.1) is 5.92 Å². The van der Waals surface area contributed by atoms with Gasteiger partial charge in [-0.15, -0.1) is 0 Å². The van der Waals surface area contributed by atoms with Crippen molar-refractivity contribution in [1.29, 1.82) is 0 Å². The third-order valence-electron chi connectivity index (χ3n) is 5.63. The molecule has 1 aromatic carbocycles. The first-order chi connectivity index (χ1) is 14.6. The number of amides is 3. The van der Waals surface area contributed by atoms with Crippen LogP contribution in [0.1, 0.15) is 33.9 Å². The van der Waals surface area contributed by atoms with Crippen molar-refractivity contribution >= 4 is 45.1 Å². The molecule has 1 atom stereocenters. The summed E-state index contributed by atoms with van der Waals surface area (Å²) in [5.74, 6) is -0.614.